The molecule has 2 amide bonds. The number of carbonyl (C=O) groups is 2. The Kier molecular flexibility index (Phi) is 9.11. The summed E-state index contributed by atoms with van der Waals surface area (Å²) >= 11 is 12.8. The Balaban J connectivity index is 1.21. The largest absolute Gasteiger partial charge is 0.359 e. The van der Waals surface area contributed by atoms with Gasteiger partial charge in [-0.05, 0) is 74.0 Å². The van der Waals surface area contributed by atoms with Crippen molar-refractivity contribution < 1.29 is 14.3 Å². The number of amides is 2. The Morgan fingerprint density at radius 3 is 2.16 bits per heavy atom. The van der Waals surface area contributed by atoms with Crippen LogP contribution in [-0.4, -0.2) is 72.4 Å². The molecule has 0 radical (unpaired) electrons. The van der Waals surface area contributed by atoms with Gasteiger partial charge in [-0.25, -0.2) is 0 Å². The van der Waals surface area contributed by atoms with Gasteiger partial charge in [0.25, 0.3) is 0 Å². The molecule has 43 heavy (non-hydrogen) atoms. The van der Waals surface area contributed by atoms with Crippen LogP contribution in [0.25, 0.3) is 0 Å². The number of halogens is 2. The van der Waals surface area contributed by atoms with Crippen LogP contribution in [0.5, 0.6) is 0 Å². The molecule has 0 spiro atoms. The molecule has 1 atom stereocenters. The number of rotatable bonds is 8. The lowest BCUT2D eigenvalue weighted by Crippen LogP contribution is -2.55. The van der Waals surface area contributed by atoms with E-state index in [0.717, 1.165) is 75.1 Å². The van der Waals surface area contributed by atoms with Crippen molar-refractivity contribution in [3.05, 3.63) is 106 Å². The van der Waals surface area contributed by atoms with Crippen molar-refractivity contribution in [1.29, 1.82) is 0 Å². The number of hydrogen-bond acceptors (Lipinski definition) is 4. The van der Waals surface area contributed by atoms with Crippen LogP contribution < -0.4 is 0 Å². The highest BCUT2D eigenvalue weighted by Gasteiger charge is 2.46. The molecule has 0 saturated carbocycles. The zero-order chi connectivity index (χ0) is 29.9. The van der Waals surface area contributed by atoms with Gasteiger partial charge in [0.2, 0.25) is 11.8 Å². The summed E-state index contributed by atoms with van der Waals surface area (Å²) in [5.74, 6) is 0.263. The lowest BCUT2D eigenvalue weighted by molar-refractivity contribution is -0.169. The van der Waals surface area contributed by atoms with Crippen LogP contribution in [0.4, 0.5) is 0 Å². The lowest BCUT2D eigenvalue weighted by atomic mass is 9.71. The van der Waals surface area contributed by atoms with Gasteiger partial charge in [-0.15, -0.1) is 0 Å². The summed E-state index contributed by atoms with van der Waals surface area (Å²) in [6.45, 7) is 5.09. The molecular weight excluding hydrogens is 581 g/mol. The van der Waals surface area contributed by atoms with Crippen molar-refractivity contribution in [2.24, 2.45) is 0 Å². The molecule has 6 nitrogen and oxygen atoms in total. The van der Waals surface area contributed by atoms with Crippen molar-refractivity contribution in [3.63, 3.8) is 0 Å². The van der Waals surface area contributed by atoms with E-state index in [1.165, 1.54) is 0 Å². The second kappa shape index (κ2) is 13.0. The molecule has 6 rings (SSSR count). The maximum Gasteiger partial charge on any atom is 0.249 e. The summed E-state index contributed by atoms with van der Waals surface area (Å²) < 4.78 is 6.45. The molecule has 3 aliphatic rings. The van der Waals surface area contributed by atoms with Gasteiger partial charge in [0, 0.05) is 26.2 Å². The molecule has 0 N–H and O–H groups in total. The molecule has 0 aromatic heterocycles. The Hall–Kier alpha value is -2.90. The SMILES string of the molecule is O=C1COC(CCN2CCC(C(=O)N3CCCC3)(c3ccccc3)CC2)(c2ccc(Cl)c(Cl)c2)CN1Cc1ccccc1. The number of hydrogen-bond donors (Lipinski definition) is 0. The highest BCUT2D eigenvalue weighted by molar-refractivity contribution is 6.42. The Labute approximate surface area is 264 Å². The van der Waals surface area contributed by atoms with E-state index in [2.05, 4.69) is 21.9 Å². The Bertz CT molecular complexity index is 1420. The average molecular weight is 621 g/mol. The predicted molar refractivity (Wildman–Crippen MR) is 170 cm³/mol. The fraction of sp³-hybridized carbons (Fsp3) is 0.429. The summed E-state index contributed by atoms with van der Waals surface area (Å²) in [6.07, 6.45) is 4.42. The van der Waals surface area contributed by atoms with Gasteiger partial charge in [-0.3, -0.25) is 9.59 Å². The maximum absolute atomic E-state index is 14.0. The molecule has 3 saturated heterocycles. The number of ether oxygens (including phenoxy) is 1. The second-order valence-electron chi connectivity index (χ2n) is 12.2. The molecular formula is C35H39Cl2N3O3. The first-order valence-corrected chi connectivity index (χ1v) is 16.1. The van der Waals surface area contributed by atoms with E-state index in [1.54, 1.807) is 6.07 Å². The molecule has 3 heterocycles. The molecule has 226 valence electrons. The van der Waals surface area contributed by atoms with E-state index in [1.807, 2.05) is 65.6 Å². The third-order valence-corrected chi connectivity index (χ3v) is 10.3. The third-order valence-electron chi connectivity index (χ3n) is 9.60. The molecule has 3 fully saturated rings. The van der Waals surface area contributed by atoms with E-state index in [9.17, 15) is 9.59 Å². The highest BCUT2D eigenvalue weighted by Crippen LogP contribution is 2.41. The standard InChI is InChI=1S/C35H39Cl2N3O3/c36-30-14-13-29(23-31(30)37)35(26-40(32(41)25-43-35)24-27-9-3-1-4-10-27)17-22-38-20-15-34(16-21-38,28-11-5-2-6-12-28)33(42)39-18-7-8-19-39/h1-6,9-14,23H,7-8,15-22,24-26H2. The van der Waals surface area contributed by atoms with Crippen LogP contribution in [0.2, 0.25) is 10.0 Å². The van der Waals surface area contributed by atoms with Crippen LogP contribution in [0, 0.1) is 0 Å². The van der Waals surface area contributed by atoms with Gasteiger partial charge in [0.05, 0.1) is 22.0 Å². The number of morpholine rings is 1. The van der Waals surface area contributed by atoms with E-state index in [4.69, 9.17) is 27.9 Å². The zero-order valence-corrected chi connectivity index (χ0v) is 26.0. The van der Waals surface area contributed by atoms with Gasteiger partial charge in [0.15, 0.2) is 0 Å². The topological polar surface area (TPSA) is 53.1 Å². The van der Waals surface area contributed by atoms with Crippen molar-refractivity contribution in [1.82, 2.24) is 14.7 Å². The fourth-order valence-corrected chi connectivity index (χ4v) is 7.33. The van der Waals surface area contributed by atoms with E-state index in [-0.39, 0.29) is 18.4 Å². The number of piperidine rings is 1. The van der Waals surface area contributed by atoms with E-state index < -0.39 is 11.0 Å². The van der Waals surface area contributed by atoms with Crippen LogP contribution in [-0.2, 0) is 31.9 Å². The summed E-state index contributed by atoms with van der Waals surface area (Å²) in [6, 6.07) is 26.1. The molecule has 8 heteroatoms. The van der Waals surface area contributed by atoms with Gasteiger partial charge < -0.3 is 19.4 Å². The van der Waals surface area contributed by atoms with Crippen LogP contribution in [0.3, 0.4) is 0 Å². The third kappa shape index (κ3) is 6.34. The fourth-order valence-electron chi connectivity index (χ4n) is 7.03. The number of benzene rings is 3. The smallest absolute Gasteiger partial charge is 0.249 e. The Morgan fingerprint density at radius 2 is 1.49 bits per heavy atom. The van der Waals surface area contributed by atoms with Gasteiger partial charge >= 0.3 is 0 Å². The number of likely N-dealkylation sites (tertiary alicyclic amines) is 2. The van der Waals surface area contributed by atoms with Crippen molar-refractivity contribution >= 4 is 35.0 Å². The van der Waals surface area contributed by atoms with Gasteiger partial charge in [0.1, 0.15) is 12.2 Å². The molecule has 3 aliphatic heterocycles. The Morgan fingerprint density at radius 1 is 0.814 bits per heavy atom. The quantitative estimate of drug-likeness (QED) is 0.297. The van der Waals surface area contributed by atoms with E-state index in [0.29, 0.717) is 29.6 Å². The maximum atomic E-state index is 14.0. The van der Waals surface area contributed by atoms with Gasteiger partial charge in [-0.2, -0.15) is 0 Å². The molecule has 3 aromatic rings. The summed E-state index contributed by atoms with van der Waals surface area (Å²) in [4.78, 5) is 33.4. The van der Waals surface area contributed by atoms with Crippen LogP contribution >= 0.6 is 23.2 Å². The zero-order valence-electron chi connectivity index (χ0n) is 24.5. The number of carbonyl (C=O) groups excluding carboxylic acids is 2. The lowest BCUT2D eigenvalue weighted by Gasteiger charge is -2.46. The normalized spacial score (nSPS) is 22.6. The minimum absolute atomic E-state index is 0.00847. The molecule has 0 aliphatic carbocycles. The monoisotopic (exact) mass is 619 g/mol. The molecule has 1 unspecified atom stereocenters. The van der Waals surface area contributed by atoms with E-state index >= 15 is 0 Å². The van der Waals surface area contributed by atoms with Crippen molar-refractivity contribution in [2.45, 2.75) is 49.7 Å². The van der Waals surface area contributed by atoms with Gasteiger partial charge in [-0.1, -0.05) is 89.9 Å². The van der Waals surface area contributed by atoms with Crippen LogP contribution in [0.15, 0.2) is 78.9 Å². The average Bonchev–Trinajstić information content (AvgIpc) is 3.59. The minimum atomic E-state index is -0.726. The van der Waals surface area contributed by atoms with Crippen molar-refractivity contribution in [3.8, 4) is 0 Å². The van der Waals surface area contributed by atoms with Crippen molar-refractivity contribution in [2.75, 3.05) is 45.9 Å². The van der Waals surface area contributed by atoms with Crippen LogP contribution in [0.1, 0.15) is 48.8 Å². The first kappa shape index (κ1) is 30.1. The molecule has 0 bridgehead atoms. The first-order chi connectivity index (χ1) is 20.9. The minimum Gasteiger partial charge on any atom is -0.359 e. The first-order valence-electron chi connectivity index (χ1n) is 15.4. The summed E-state index contributed by atoms with van der Waals surface area (Å²) in [5, 5.41) is 0.962. The summed E-state index contributed by atoms with van der Waals surface area (Å²) in [5.41, 5.74) is 1.92. The number of nitrogens with zero attached hydrogens (tertiary/aromatic N) is 3. The molecule has 3 aromatic carbocycles. The highest BCUT2D eigenvalue weighted by atomic mass is 35.5. The predicted octanol–water partition coefficient (Wildman–Crippen LogP) is 6.29. The second-order valence-corrected chi connectivity index (χ2v) is 13.0. The summed E-state index contributed by atoms with van der Waals surface area (Å²) in [7, 11) is 0.